The Balaban J connectivity index is 1.48. The van der Waals surface area contributed by atoms with Crippen LogP contribution < -0.4 is 0 Å². The normalized spacial score (nSPS) is 17.1. The monoisotopic (exact) mass is 338 g/mol. The fraction of sp³-hybridized carbons (Fsp3) is 0.400. The highest BCUT2D eigenvalue weighted by Crippen LogP contribution is 2.15. The van der Waals surface area contributed by atoms with E-state index in [0.717, 1.165) is 39.1 Å². The van der Waals surface area contributed by atoms with Gasteiger partial charge in [-0.1, -0.05) is 49.4 Å². The molecule has 0 N–H and O–H groups in total. The summed E-state index contributed by atoms with van der Waals surface area (Å²) in [5.41, 5.74) is 1.22. The number of nitrogens with zero attached hydrogens (tertiary/aromatic N) is 4. The molecular formula is C20H26N4O. The molecule has 0 bridgehead atoms. The molecule has 1 amide bonds. The summed E-state index contributed by atoms with van der Waals surface area (Å²) in [5.74, 6) is 0.186. The molecule has 0 spiro atoms. The van der Waals surface area contributed by atoms with Crippen molar-refractivity contribution in [3.63, 3.8) is 0 Å². The SMILES string of the molecule is CC[C@@H](C(=O)N1CCN(C/C=C/c2ccccc2)CC1)n1cccn1. The molecule has 2 aromatic rings. The van der Waals surface area contributed by atoms with Crippen molar-refractivity contribution in [3.05, 3.63) is 60.4 Å². The van der Waals surface area contributed by atoms with E-state index in [1.807, 2.05) is 42.3 Å². The van der Waals surface area contributed by atoms with Crippen molar-refractivity contribution < 1.29 is 4.79 Å². The molecule has 1 aromatic heterocycles. The Morgan fingerprint density at radius 2 is 1.92 bits per heavy atom. The molecule has 132 valence electrons. The van der Waals surface area contributed by atoms with Gasteiger partial charge in [-0.25, -0.2) is 0 Å². The summed E-state index contributed by atoms with van der Waals surface area (Å²) in [4.78, 5) is 17.1. The third-order valence-electron chi connectivity index (χ3n) is 4.67. The summed E-state index contributed by atoms with van der Waals surface area (Å²) < 4.78 is 1.78. The minimum absolute atomic E-state index is 0.181. The van der Waals surface area contributed by atoms with E-state index in [9.17, 15) is 4.79 Å². The number of piperazine rings is 1. The summed E-state index contributed by atoms with van der Waals surface area (Å²) in [5, 5.41) is 4.24. The van der Waals surface area contributed by atoms with E-state index in [0.29, 0.717) is 0 Å². The van der Waals surface area contributed by atoms with Crippen molar-refractivity contribution in [3.8, 4) is 0 Å². The highest BCUT2D eigenvalue weighted by molar-refractivity contribution is 5.80. The smallest absolute Gasteiger partial charge is 0.247 e. The molecule has 1 saturated heterocycles. The predicted octanol–water partition coefficient (Wildman–Crippen LogP) is 2.69. The van der Waals surface area contributed by atoms with Crippen LogP contribution in [0.1, 0.15) is 24.9 Å². The van der Waals surface area contributed by atoms with Crippen LogP contribution in [0.5, 0.6) is 0 Å². The molecule has 0 aliphatic carbocycles. The van der Waals surface area contributed by atoms with Crippen LogP contribution in [0.2, 0.25) is 0 Å². The molecule has 5 heteroatoms. The highest BCUT2D eigenvalue weighted by Gasteiger charge is 2.27. The van der Waals surface area contributed by atoms with Crippen molar-refractivity contribution in [1.29, 1.82) is 0 Å². The second-order valence-electron chi connectivity index (χ2n) is 6.35. The second kappa shape index (κ2) is 8.62. The van der Waals surface area contributed by atoms with Crippen LogP contribution in [0.3, 0.4) is 0 Å². The molecule has 5 nitrogen and oxygen atoms in total. The van der Waals surface area contributed by atoms with Crippen molar-refractivity contribution in [2.75, 3.05) is 32.7 Å². The third-order valence-corrected chi connectivity index (χ3v) is 4.67. The predicted molar refractivity (Wildman–Crippen MR) is 100 cm³/mol. The number of rotatable bonds is 6. The molecule has 0 saturated carbocycles. The quantitative estimate of drug-likeness (QED) is 0.813. The van der Waals surface area contributed by atoms with Gasteiger partial charge in [0.25, 0.3) is 0 Å². The summed E-state index contributed by atoms with van der Waals surface area (Å²) >= 11 is 0. The highest BCUT2D eigenvalue weighted by atomic mass is 16.2. The number of benzene rings is 1. The molecule has 3 rings (SSSR count). The first kappa shape index (κ1) is 17.4. The Hall–Kier alpha value is -2.40. The molecule has 0 radical (unpaired) electrons. The molecule has 25 heavy (non-hydrogen) atoms. The van der Waals surface area contributed by atoms with E-state index in [1.54, 1.807) is 10.9 Å². The molecule has 2 heterocycles. The Morgan fingerprint density at radius 3 is 2.56 bits per heavy atom. The second-order valence-corrected chi connectivity index (χ2v) is 6.35. The van der Waals surface area contributed by atoms with Gasteiger partial charge in [0.1, 0.15) is 6.04 Å². The first-order chi connectivity index (χ1) is 12.3. The van der Waals surface area contributed by atoms with Gasteiger partial charge in [-0.3, -0.25) is 14.4 Å². The van der Waals surface area contributed by atoms with Crippen molar-refractivity contribution in [1.82, 2.24) is 19.6 Å². The van der Waals surface area contributed by atoms with Crippen LogP contribution in [-0.4, -0.2) is 58.2 Å². The van der Waals surface area contributed by atoms with Crippen LogP contribution >= 0.6 is 0 Å². The average molecular weight is 338 g/mol. The summed E-state index contributed by atoms with van der Waals surface area (Å²) in [6.07, 6.45) is 8.72. The van der Waals surface area contributed by atoms with Crippen LogP contribution in [0, 0.1) is 0 Å². The molecular weight excluding hydrogens is 312 g/mol. The molecule has 1 fully saturated rings. The maximum atomic E-state index is 12.8. The molecule has 1 atom stereocenters. The van der Waals surface area contributed by atoms with E-state index in [1.165, 1.54) is 5.56 Å². The van der Waals surface area contributed by atoms with E-state index >= 15 is 0 Å². The van der Waals surface area contributed by atoms with Crippen LogP contribution in [0.15, 0.2) is 54.9 Å². The summed E-state index contributed by atoms with van der Waals surface area (Å²) in [7, 11) is 0. The zero-order chi connectivity index (χ0) is 17.5. The number of amides is 1. The van der Waals surface area contributed by atoms with Gasteiger partial charge in [0.05, 0.1) is 0 Å². The maximum absolute atomic E-state index is 12.8. The first-order valence-electron chi connectivity index (χ1n) is 9.00. The summed E-state index contributed by atoms with van der Waals surface area (Å²) in [6, 6.07) is 12.0. The van der Waals surface area contributed by atoms with Crippen molar-refractivity contribution in [2.45, 2.75) is 19.4 Å². The van der Waals surface area contributed by atoms with E-state index in [4.69, 9.17) is 0 Å². The zero-order valence-corrected chi connectivity index (χ0v) is 14.8. The van der Waals surface area contributed by atoms with Crippen molar-refractivity contribution in [2.24, 2.45) is 0 Å². The number of carbonyl (C=O) groups excluding carboxylic acids is 1. The number of hydrogen-bond donors (Lipinski definition) is 0. The lowest BCUT2D eigenvalue weighted by Crippen LogP contribution is -2.50. The molecule has 1 aliphatic heterocycles. The fourth-order valence-corrected chi connectivity index (χ4v) is 3.20. The number of aromatic nitrogens is 2. The van der Waals surface area contributed by atoms with Gasteiger partial charge < -0.3 is 4.90 Å². The van der Waals surface area contributed by atoms with Gasteiger partial charge in [0.15, 0.2) is 0 Å². The zero-order valence-electron chi connectivity index (χ0n) is 14.8. The van der Waals surface area contributed by atoms with Gasteiger partial charge in [-0.05, 0) is 18.1 Å². The Labute approximate surface area is 149 Å². The third kappa shape index (κ3) is 4.57. The van der Waals surface area contributed by atoms with E-state index < -0.39 is 0 Å². The van der Waals surface area contributed by atoms with E-state index in [-0.39, 0.29) is 11.9 Å². The lowest BCUT2D eigenvalue weighted by atomic mass is 10.1. The Kier molecular flexibility index (Phi) is 6.01. The van der Waals surface area contributed by atoms with Gasteiger partial charge >= 0.3 is 0 Å². The topological polar surface area (TPSA) is 41.4 Å². The van der Waals surface area contributed by atoms with Crippen molar-refractivity contribution >= 4 is 12.0 Å². The lowest BCUT2D eigenvalue weighted by molar-refractivity contribution is -0.136. The van der Waals surface area contributed by atoms with E-state index in [2.05, 4.69) is 34.3 Å². The summed E-state index contributed by atoms with van der Waals surface area (Å²) in [6.45, 7) is 6.37. The number of carbonyl (C=O) groups is 1. The number of hydrogen-bond acceptors (Lipinski definition) is 3. The fourth-order valence-electron chi connectivity index (χ4n) is 3.20. The van der Waals surface area contributed by atoms with Gasteiger partial charge in [-0.2, -0.15) is 5.10 Å². The van der Waals surface area contributed by atoms with Gasteiger partial charge in [0, 0.05) is 45.1 Å². The molecule has 1 aliphatic rings. The first-order valence-corrected chi connectivity index (χ1v) is 9.00. The van der Waals surface area contributed by atoms with Crippen LogP contribution in [0.25, 0.3) is 6.08 Å². The standard InChI is InChI=1S/C20H26N4O/c1-2-19(24-13-7-11-21-24)20(25)23-16-14-22(15-17-23)12-6-10-18-8-4-3-5-9-18/h3-11,13,19H,2,12,14-17H2,1H3/b10-6+/t19-/m0/s1. The van der Waals surface area contributed by atoms with Gasteiger partial charge in [0.2, 0.25) is 5.91 Å². The Bertz CT molecular complexity index is 673. The van der Waals surface area contributed by atoms with Crippen LogP contribution in [-0.2, 0) is 4.79 Å². The molecule has 0 unspecified atom stereocenters. The minimum atomic E-state index is -0.181. The van der Waals surface area contributed by atoms with Crippen LogP contribution in [0.4, 0.5) is 0 Å². The van der Waals surface area contributed by atoms with Gasteiger partial charge in [-0.15, -0.1) is 0 Å². The lowest BCUT2D eigenvalue weighted by Gasteiger charge is -2.35. The average Bonchev–Trinajstić information content (AvgIpc) is 3.18. The minimum Gasteiger partial charge on any atom is -0.338 e. The largest absolute Gasteiger partial charge is 0.338 e. The maximum Gasteiger partial charge on any atom is 0.247 e. The Morgan fingerprint density at radius 1 is 1.16 bits per heavy atom. The molecule has 1 aromatic carbocycles.